The third-order valence-corrected chi connectivity index (χ3v) is 3.35. The number of ether oxygens (including phenoxy) is 1. The van der Waals surface area contributed by atoms with Crippen LogP contribution in [0.1, 0.15) is 26.0 Å². The van der Waals surface area contributed by atoms with Crippen molar-refractivity contribution in [3.05, 3.63) is 24.0 Å². The van der Waals surface area contributed by atoms with Gasteiger partial charge in [-0.15, -0.1) is 0 Å². The van der Waals surface area contributed by atoms with Gasteiger partial charge in [0.25, 0.3) is 0 Å². The van der Waals surface area contributed by atoms with Crippen molar-refractivity contribution in [2.24, 2.45) is 0 Å². The molecule has 1 saturated heterocycles. The lowest BCUT2D eigenvalue weighted by Gasteiger charge is -2.35. The van der Waals surface area contributed by atoms with E-state index < -0.39 is 0 Å². The lowest BCUT2D eigenvalue weighted by Crippen LogP contribution is -2.45. The first-order chi connectivity index (χ1) is 9.67. The largest absolute Gasteiger partial charge is 0.384 e. The predicted molar refractivity (Wildman–Crippen MR) is 78.5 cm³/mol. The number of pyridine rings is 1. The van der Waals surface area contributed by atoms with E-state index in [9.17, 15) is 0 Å². The maximum atomic E-state index is 8.68. The number of morpholine rings is 1. The first-order valence-corrected chi connectivity index (χ1v) is 7.15. The normalized spacial score (nSPS) is 23.2. The second-order valence-electron chi connectivity index (χ2n) is 5.34. The summed E-state index contributed by atoms with van der Waals surface area (Å²) in [6, 6.07) is 5.64. The van der Waals surface area contributed by atoms with Crippen LogP contribution in [0.4, 0.5) is 5.69 Å². The third kappa shape index (κ3) is 4.48. The van der Waals surface area contributed by atoms with Crippen molar-refractivity contribution in [1.82, 2.24) is 9.88 Å². The SMILES string of the molecule is CC1CN(CCCNc2ccc(C#N)nc2)CC(C)O1. The van der Waals surface area contributed by atoms with Crippen molar-refractivity contribution in [3.63, 3.8) is 0 Å². The van der Waals surface area contributed by atoms with Crippen LogP contribution < -0.4 is 5.32 Å². The number of nitrogens with one attached hydrogen (secondary N) is 1. The standard InChI is InChI=1S/C15H22N4O/c1-12-10-19(11-13(2)20-12)7-3-6-17-15-5-4-14(8-16)18-9-15/h4-5,9,12-13,17H,3,6-7,10-11H2,1-2H3. The Hall–Kier alpha value is -1.64. The van der Waals surface area contributed by atoms with Gasteiger partial charge in [-0.2, -0.15) is 5.26 Å². The molecule has 20 heavy (non-hydrogen) atoms. The lowest BCUT2D eigenvalue weighted by molar-refractivity contribution is -0.0678. The Labute approximate surface area is 120 Å². The Balaban J connectivity index is 1.67. The fourth-order valence-electron chi connectivity index (χ4n) is 2.57. The molecule has 1 N–H and O–H groups in total. The molecule has 1 aliphatic heterocycles. The molecular formula is C15H22N4O. The van der Waals surface area contributed by atoms with Crippen LogP contribution in [-0.4, -0.2) is 48.3 Å². The molecule has 0 aromatic carbocycles. The summed E-state index contributed by atoms with van der Waals surface area (Å²) in [5, 5.41) is 12.0. The van der Waals surface area contributed by atoms with Gasteiger partial charge in [0.1, 0.15) is 11.8 Å². The monoisotopic (exact) mass is 274 g/mol. The fraction of sp³-hybridized carbons (Fsp3) is 0.600. The number of rotatable bonds is 5. The summed E-state index contributed by atoms with van der Waals surface area (Å²) in [5.74, 6) is 0. The van der Waals surface area contributed by atoms with E-state index in [1.54, 1.807) is 12.3 Å². The summed E-state index contributed by atoms with van der Waals surface area (Å²) in [6.45, 7) is 8.28. The van der Waals surface area contributed by atoms with E-state index in [2.05, 4.69) is 29.0 Å². The minimum Gasteiger partial charge on any atom is -0.384 e. The first-order valence-electron chi connectivity index (χ1n) is 7.15. The van der Waals surface area contributed by atoms with E-state index in [-0.39, 0.29) is 0 Å². The maximum Gasteiger partial charge on any atom is 0.140 e. The second-order valence-corrected chi connectivity index (χ2v) is 5.34. The fourth-order valence-corrected chi connectivity index (χ4v) is 2.57. The van der Waals surface area contributed by atoms with E-state index >= 15 is 0 Å². The van der Waals surface area contributed by atoms with Crippen molar-refractivity contribution in [3.8, 4) is 6.07 Å². The number of anilines is 1. The van der Waals surface area contributed by atoms with Crippen LogP contribution in [0.25, 0.3) is 0 Å². The van der Waals surface area contributed by atoms with E-state index in [1.165, 1.54) is 0 Å². The highest BCUT2D eigenvalue weighted by Crippen LogP contribution is 2.11. The zero-order chi connectivity index (χ0) is 14.4. The molecule has 1 aromatic heterocycles. The molecule has 5 nitrogen and oxygen atoms in total. The lowest BCUT2D eigenvalue weighted by atomic mass is 10.2. The van der Waals surface area contributed by atoms with Gasteiger partial charge in [-0.3, -0.25) is 4.90 Å². The van der Waals surface area contributed by atoms with Gasteiger partial charge in [-0.25, -0.2) is 4.98 Å². The molecule has 1 fully saturated rings. The number of nitriles is 1. The highest BCUT2D eigenvalue weighted by molar-refractivity contribution is 5.42. The van der Waals surface area contributed by atoms with Crippen LogP contribution in [0.5, 0.6) is 0 Å². The number of hydrogen-bond acceptors (Lipinski definition) is 5. The molecule has 0 spiro atoms. The van der Waals surface area contributed by atoms with Crippen LogP contribution in [0.15, 0.2) is 18.3 Å². The van der Waals surface area contributed by atoms with E-state index in [0.717, 1.165) is 38.3 Å². The molecule has 0 saturated carbocycles. The zero-order valence-electron chi connectivity index (χ0n) is 12.2. The number of nitrogens with zero attached hydrogens (tertiary/aromatic N) is 3. The van der Waals surface area contributed by atoms with Gasteiger partial charge in [0.15, 0.2) is 0 Å². The molecule has 5 heteroatoms. The molecular weight excluding hydrogens is 252 g/mol. The number of aromatic nitrogens is 1. The molecule has 1 aromatic rings. The molecule has 0 amide bonds. The summed E-state index contributed by atoms with van der Waals surface area (Å²) in [4.78, 5) is 6.49. The maximum absolute atomic E-state index is 8.68. The minimum atomic E-state index is 0.328. The summed E-state index contributed by atoms with van der Waals surface area (Å²) in [6.07, 6.45) is 3.44. The Morgan fingerprint density at radius 3 is 2.75 bits per heavy atom. The van der Waals surface area contributed by atoms with Gasteiger partial charge in [0, 0.05) is 26.2 Å². The van der Waals surface area contributed by atoms with Crippen LogP contribution in [-0.2, 0) is 4.74 Å². The van der Waals surface area contributed by atoms with E-state index in [1.807, 2.05) is 12.1 Å². The van der Waals surface area contributed by atoms with Gasteiger partial charge in [0.05, 0.1) is 24.1 Å². The molecule has 108 valence electrons. The van der Waals surface area contributed by atoms with Crippen molar-refractivity contribution < 1.29 is 4.74 Å². The summed E-state index contributed by atoms with van der Waals surface area (Å²) in [7, 11) is 0. The van der Waals surface area contributed by atoms with Gasteiger partial charge >= 0.3 is 0 Å². The predicted octanol–water partition coefficient (Wildman–Crippen LogP) is 1.86. The van der Waals surface area contributed by atoms with Crippen molar-refractivity contribution >= 4 is 5.69 Å². The van der Waals surface area contributed by atoms with Crippen molar-refractivity contribution in [1.29, 1.82) is 5.26 Å². The van der Waals surface area contributed by atoms with Crippen molar-refractivity contribution in [2.75, 3.05) is 31.5 Å². The highest BCUT2D eigenvalue weighted by Gasteiger charge is 2.21. The second kappa shape index (κ2) is 7.22. The van der Waals surface area contributed by atoms with Crippen molar-refractivity contribution in [2.45, 2.75) is 32.5 Å². The Bertz CT molecular complexity index is 444. The Kier molecular flexibility index (Phi) is 5.33. The average molecular weight is 274 g/mol. The van der Waals surface area contributed by atoms with Gasteiger partial charge in [-0.05, 0) is 32.4 Å². The summed E-state index contributed by atoms with van der Waals surface area (Å²) >= 11 is 0. The van der Waals surface area contributed by atoms with Crippen LogP contribution >= 0.6 is 0 Å². The Morgan fingerprint density at radius 1 is 1.40 bits per heavy atom. The van der Waals surface area contributed by atoms with E-state index in [4.69, 9.17) is 10.00 Å². The molecule has 2 rings (SSSR count). The molecule has 1 aliphatic rings. The van der Waals surface area contributed by atoms with Gasteiger partial charge < -0.3 is 10.1 Å². The molecule has 0 bridgehead atoms. The quantitative estimate of drug-likeness (QED) is 0.830. The van der Waals surface area contributed by atoms with Crippen LogP contribution in [0.2, 0.25) is 0 Å². The highest BCUT2D eigenvalue weighted by atomic mass is 16.5. The summed E-state index contributed by atoms with van der Waals surface area (Å²) in [5.41, 5.74) is 1.42. The van der Waals surface area contributed by atoms with Gasteiger partial charge in [-0.1, -0.05) is 0 Å². The molecule has 2 atom stereocenters. The zero-order valence-corrected chi connectivity index (χ0v) is 12.2. The molecule has 2 unspecified atom stereocenters. The van der Waals surface area contributed by atoms with Crippen LogP contribution in [0, 0.1) is 11.3 Å². The van der Waals surface area contributed by atoms with Gasteiger partial charge in [0.2, 0.25) is 0 Å². The Morgan fingerprint density at radius 2 is 2.15 bits per heavy atom. The first kappa shape index (κ1) is 14.8. The average Bonchev–Trinajstić information content (AvgIpc) is 2.43. The molecule has 0 radical (unpaired) electrons. The third-order valence-electron chi connectivity index (χ3n) is 3.35. The molecule has 0 aliphatic carbocycles. The number of hydrogen-bond donors (Lipinski definition) is 1. The minimum absolute atomic E-state index is 0.328. The van der Waals surface area contributed by atoms with E-state index in [0.29, 0.717) is 17.9 Å². The molecule has 2 heterocycles. The summed E-state index contributed by atoms with van der Waals surface area (Å²) < 4.78 is 5.72. The topological polar surface area (TPSA) is 61.2 Å². The van der Waals surface area contributed by atoms with Crippen LogP contribution in [0.3, 0.4) is 0 Å². The smallest absolute Gasteiger partial charge is 0.140 e.